The van der Waals surface area contributed by atoms with E-state index in [1.54, 1.807) is 6.07 Å². The maximum Gasteiger partial charge on any atom is 0.389 e. The zero-order valence-corrected chi connectivity index (χ0v) is 19.5. The van der Waals surface area contributed by atoms with Gasteiger partial charge in [-0.15, -0.1) is 0 Å². The number of piperidine rings is 1. The molecule has 1 N–H and O–H groups in total. The first-order valence-corrected chi connectivity index (χ1v) is 11.8. The Bertz CT molecular complexity index is 1140. The standard InChI is InChI=1S/C25H29F4N3O3/c1-17(13-25(27,28)29)22(34)31-11-10-24(35,23(14-31)8-4-5-9-23)15-32-16-30-20(12-21(32)33)18-6-2-3-7-19(18)26/h2-3,6-7,12,16-17,35H,4-5,8-11,13-15H2,1H3/t17-,24?/m1/s1. The van der Waals surface area contributed by atoms with Crippen LogP contribution in [0.25, 0.3) is 11.3 Å². The summed E-state index contributed by atoms with van der Waals surface area (Å²) in [5.41, 5.74) is -2.12. The summed E-state index contributed by atoms with van der Waals surface area (Å²) in [6.45, 7) is 1.48. The van der Waals surface area contributed by atoms with Gasteiger partial charge in [0.2, 0.25) is 5.91 Å². The smallest absolute Gasteiger partial charge is 0.387 e. The quantitative estimate of drug-likeness (QED) is 0.632. The molecule has 1 spiro atoms. The van der Waals surface area contributed by atoms with E-state index in [4.69, 9.17) is 0 Å². The zero-order chi connectivity index (χ0) is 25.4. The van der Waals surface area contributed by atoms with Crippen molar-refractivity contribution in [3.63, 3.8) is 0 Å². The molecule has 2 heterocycles. The Kier molecular flexibility index (Phi) is 6.78. The lowest BCUT2D eigenvalue weighted by atomic mass is 9.65. The van der Waals surface area contributed by atoms with Crippen molar-refractivity contribution in [1.82, 2.24) is 14.5 Å². The Morgan fingerprint density at radius 3 is 2.51 bits per heavy atom. The number of aromatic nitrogens is 2. The van der Waals surface area contributed by atoms with Crippen LogP contribution in [0.4, 0.5) is 17.6 Å². The van der Waals surface area contributed by atoms with Gasteiger partial charge in [-0.05, 0) is 31.4 Å². The number of rotatable bonds is 5. The second-order valence-electron chi connectivity index (χ2n) is 9.97. The van der Waals surface area contributed by atoms with Crippen molar-refractivity contribution in [1.29, 1.82) is 0 Å². The Balaban J connectivity index is 1.56. The van der Waals surface area contributed by atoms with Crippen LogP contribution in [-0.4, -0.2) is 50.3 Å². The Hall–Kier alpha value is -2.75. The predicted octanol–water partition coefficient (Wildman–Crippen LogP) is 4.16. The van der Waals surface area contributed by atoms with E-state index in [-0.39, 0.29) is 37.3 Å². The molecule has 1 amide bonds. The molecule has 10 heteroatoms. The van der Waals surface area contributed by atoms with Crippen LogP contribution in [0.15, 0.2) is 41.5 Å². The monoisotopic (exact) mass is 495 g/mol. The third-order valence-corrected chi connectivity index (χ3v) is 7.57. The predicted molar refractivity (Wildman–Crippen MR) is 121 cm³/mol. The highest BCUT2D eigenvalue weighted by molar-refractivity contribution is 5.78. The van der Waals surface area contributed by atoms with Crippen molar-refractivity contribution in [2.24, 2.45) is 11.3 Å². The number of nitrogens with zero attached hydrogens (tertiary/aromatic N) is 3. The molecular formula is C25H29F4N3O3. The number of hydrogen-bond donors (Lipinski definition) is 1. The van der Waals surface area contributed by atoms with Gasteiger partial charge in [0.05, 0.1) is 30.6 Å². The summed E-state index contributed by atoms with van der Waals surface area (Å²) in [7, 11) is 0. The number of carbonyl (C=O) groups is 1. The molecule has 1 aliphatic carbocycles. The van der Waals surface area contributed by atoms with Crippen LogP contribution in [0, 0.1) is 17.2 Å². The van der Waals surface area contributed by atoms with Gasteiger partial charge >= 0.3 is 6.18 Å². The molecule has 1 saturated carbocycles. The second kappa shape index (κ2) is 9.37. The zero-order valence-electron chi connectivity index (χ0n) is 19.5. The average Bonchev–Trinajstić information content (AvgIpc) is 3.26. The van der Waals surface area contributed by atoms with E-state index in [9.17, 15) is 32.3 Å². The number of carbonyl (C=O) groups excluding carboxylic acids is 1. The molecule has 2 fully saturated rings. The lowest BCUT2D eigenvalue weighted by molar-refractivity contribution is -0.172. The minimum atomic E-state index is -4.43. The summed E-state index contributed by atoms with van der Waals surface area (Å²) in [4.78, 5) is 31.3. The minimum Gasteiger partial charge on any atom is -0.387 e. The van der Waals surface area contributed by atoms with Gasteiger partial charge in [0.15, 0.2) is 0 Å². The Morgan fingerprint density at radius 1 is 1.20 bits per heavy atom. The summed E-state index contributed by atoms with van der Waals surface area (Å²) >= 11 is 0. The fourth-order valence-electron chi connectivity index (χ4n) is 5.68. The highest BCUT2D eigenvalue weighted by atomic mass is 19.4. The van der Waals surface area contributed by atoms with Crippen LogP contribution >= 0.6 is 0 Å². The number of benzene rings is 1. The summed E-state index contributed by atoms with van der Waals surface area (Å²) in [6.07, 6.45) is -1.34. The molecule has 4 rings (SSSR count). The van der Waals surface area contributed by atoms with Crippen LogP contribution in [0.2, 0.25) is 0 Å². The first-order valence-electron chi connectivity index (χ1n) is 11.8. The van der Waals surface area contributed by atoms with Crippen LogP contribution in [0.1, 0.15) is 45.4 Å². The van der Waals surface area contributed by atoms with Gasteiger partial charge < -0.3 is 10.0 Å². The van der Waals surface area contributed by atoms with Crippen molar-refractivity contribution in [2.45, 2.75) is 63.8 Å². The lowest BCUT2D eigenvalue weighted by Crippen LogP contribution is -2.62. The van der Waals surface area contributed by atoms with Crippen molar-refractivity contribution in [2.75, 3.05) is 13.1 Å². The molecule has 0 bridgehead atoms. The molecule has 1 saturated heterocycles. The number of alkyl halides is 3. The normalized spacial score (nSPS) is 23.0. The van der Waals surface area contributed by atoms with E-state index >= 15 is 0 Å². The van der Waals surface area contributed by atoms with E-state index in [2.05, 4.69) is 4.98 Å². The molecule has 1 aliphatic heterocycles. The molecule has 190 valence electrons. The number of hydrogen-bond acceptors (Lipinski definition) is 4. The third kappa shape index (κ3) is 5.12. The van der Waals surface area contributed by atoms with Gasteiger partial charge in [-0.2, -0.15) is 13.2 Å². The van der Waals surface area contributed by atoms with Gasteiger partial charge in [-0.3, -0.25) is 14.2 Å². The van der Waals surface area contributed by atoms with Crippen molar-refractivity contribution < 1.29 is 27.5 Å². The largest absolute Gasteiger partial charge is 0.389 e. The second-order valence-corrected chi connectivity index (χ2v) is 9.97. The van der Waals surface area contributed by atoms with E-state index in [1.807, 2.05) is 0 Å². The van der Waals surface area contributed by atoms with Crippen molar-refractivity contribution in [3.8, 4) is 11.3 Å². The molecule has 1 aromatic carbocycles. The highest BCUT2D eigenvalue weighted by Crippen LogP contribution is 2.51. The van der Waals surface area contributed by atoms with Crippen molar-refractivity contribution >= 4 is 5.91 Å². The number of amides is 1. The first-order chi connectivity index (χ1) is 16.4. The molecule has 35 heavy (non-hydrogen) atoms. The molecule has 0 radical (unpaired) electrons. The highest BCUT2D eigenvalue weighted by Gasteiger charge is 2.56. The average molecular weight is 496 g/mol. The third-order valence-electron chi connectivity index (χ3n) is 7.57. The number of likely N-dealkylation sites (tertiary alicyclic amines) is 1. The topological polar surface area (TPSA) is 75.4 Å². The van der Waals surface area contributed by atoms with Crippen LogP contribution in [0.5, 0.6) is 0 Å². The first kappa shape index (κ1) is 25.3. The maximum absolute atomic E-state index is 14.1. The van der Waals surface area contributed by atoms with Gasteiger partial charge in [-0.1, -0.05) is 31.9 Å². The molecular weight excluding hydrogens is 466 g/mol. The molecule has 2 aliphatic rings. The minimum absolute atomic E-state index is 0.0590. The summed E-state index contributed by atoms with van der Waals surface area (Å²) in [6, 6.07) is 7.20. The van der Waals surface area contributed by atoms with E-state index in [0.29, 0.717) is 12.8 Å². The lowest BCUT2D eigenvalue weighted by Gasteiger charge is -2.52. The van der Waals surface area contributed by atoms with E-state index in [1.165, 1.54) is 47.0 Å². The van der Waals surface area contributed by atoms with Gasteiger partial charge in [-0.25, -0.2) is 9.37 Å². The summed E-state index contributed by atoms with van der Waals surface area (Å²) < 4.78 is 53.9. The van der Waals surface area contributed by atoms with Gasteiger partial charge in [0.1, 0.15) is 5.82 Å². The summed E-state index contributed by atoms with van der Waals surface area (Å²) in [5, 5.41) is 11.8. The van der Waals surface area contributed by atoms with Crippen molar-refractivity contribution in [3.05, 3.63) is 52.8 Å². The molecule has 2 atom stereocenters. The maximum atomic E-state index is 14.1. The fourth-order valence-corrected chi connectivity index (χ4v) is 5.68. The van der Waals surface area contributed by atoms with Crippen LogP contribution < -0.4 is 5.56 Å². The number of halogens is 4. The Morgan fingerprint density at radius 2 is 1.89 bits per heavy atom. The van der Waals surface area contributed by atoms with Crippen LogP contribution in [-0.2, 0) is 11.3 Å². The molecule has 2 aromatic rings. The van der Waals surface area contributed by atoms with Gasteiger partial charge in [0.25, 0.3) is 5.56 Å². The SMILES string of the molecule is C[C@H](CC(F)(F)F)C(=O)N1CCC(O)(Cn2cnc(-c3ccccc3F)cc2=O)C2(CCCC2)C1. The summed E-state index contributed by atoms with van der Waals surface area (Å²) in [5.74, 6) is -2.27. The Labute approximate surface area is 200 Å². The molecule has 1 aromatic heterocycles. The van der Waals surface area contributed by atoms with Gasteiger partial charge in [0, 0.05) is 36.1 Å². The number of aliphatic hydroxyl groups is 1. The van der Waals surface area contributed by atoms with Crippen LogP contribution in [0.3, 0.4) is 0 Å². The van der Waals surface area contributed by atoms with E-state index in [0.717, 1.165) is 12.8 Å². The molecule has 1 unspecified atom stereocenters. The molecule has 6 nitrogen and oxygen atoms in total. The fraction of sp³-hybridized carbons (Fsp3) is 0.560. The van der Waals surface area contributed by atoms with E-state index < -0.39 is 46.8 Å².